The topological polar surface area (TPSA) is 60.0 Å². The molecule has 0 aliphatic rings. The lowest BCUT2D eigenvalue weighted by Gasteiger charge is -2.28. The van der Waals surface area contributed by atoms with Crippen LogP contribution in [0.3, 0.4) is 0 Å². The molecule has 0 aromatic carbocycles. The zero-order chi connectivity index (χ0) is 17.2. The van der Waals surface area contributed by atoms with Crippen molar-refractivity contribution in [2.24, 2.45) is 5.92 Å². The highest BCUT2D eigenvalue weighted by molar-refractivity contribution is 5.68. The summed E-state index contributed by atoms with van der Waals surface area (Å²) in [6.07, 6.45) is -0.306. The third-order valence-corrected chi connectivity index (χ3v) is 3.16. The smallest absolute Gasteiger partial charge is 0.410 e. The van der Waals surface area contributed by atoms with Crippen LogP contribution in [0.25, 0.3) is 0 Å². The number of hydrogen-bond donors (Lipinski definition) is 1. The molecule has 6 nitrogen and oxygen atoms in total. The molecule has 0 aromatic rings. The Morgan fingerprint density at radius 3 is 2.23 bits per heavy atom. The fourth-order valence-electron chi connectivity index (χ4n) is 1.87. The highest BCUT2D eigenvalue weighted by Crippen LogP contribution is 2.10. The van der Waals surface area contributed by atoms with Crippen LogP contribution < -0.4 is 5.32 Å². The van der Waals surface area contributed by atoms with Gasteiger partial charge in [0.1, 0.15) is 5.60 Å². The predicted octanol–water partition coefficient (Wildman–Crippen LogP) is 2.13. The first-order chi connectivity index (χ1) is 10.2. The van der Waals surface area contributed by atoms with Gasteiger partial charge in [-0.3, -0.25) is 0 Å². The summed E-state index contributed by atoms with van der Waals surface area (Å²) in [6, 6.07) is 0.271. The van der Waals surface area contributed by atoms with Gasteiger partial charge in [0.2, 0.25) is 0 Å². The number of carbonyl (C=O) groups is 1. The zero-order valence-electron chi connectivity index (χ0n) is 15.3. The Bertz CT molecular complexity index is 303. The van der Waals surface area contributed by atoms with Crippen molar-refractivity contribution in [3.8, 4) is 0 Å². The number of ether oxygens (including phenoxy) is 3. The average Bonchev–Trinajstić information content (AvgIpc) is 2.38. The first kappa shape index (κ1) is 21.1. The largest absolute Gasteiger partial charge is 0.444 e. The van der Waals surface area contributed by atoms with Gasteiger partial charge in [-0.15, -0.1) is 0 Å². The molecule has 0 saturated heterocycles. The van der Waals surface area contributed by atoms with Crippen LogP contribution in [0.1, 0.15) is 34.6 Å². The Morgan fingerprint density at radius 1 is 1.14 bits per heavy atom. The lowest BCUT2D eigenvalue weighted by atomic mass is 10.1. The molecule has 0 aromatic heterocycles. The second-order valence-electron chi connectivity index (χ2n) is 6.72. The van der Waals surface area contributed by atoms with E-state index in [2.05, 4.69) is 19.2 Å². The van der Waals surface area contributed by atoms with Gasteiger partial charge in [-0.2, -0.15) is 0 Å². The molecule has 0 aliphatic heterocycles. The summed E-state index contributed by atoms with van der Waals surface area (Å²) >= 11 is 0. The first-order valence-corrected chi connectivity index (χ1v) is 7.90. The maximum atomic E-state index is 12.2. The molecule has 0 heterocycles. The summed E-state index contributed by atoms with van der Waals surface area (Å²) in [4.78, 5) is 13.9. The molecule has 22 heavy (non-hydrogen) atoms. The number of methoxy groups -OCH3 is 2. The lowest BCUT2D eigenvalue weighted by Crippen LogP contribution is -2.45. The molecule has 6 heteroatoms. The number of nitrogens with zero attached hydrogens (tertiary/aromatic N) is 1. The maximum Gasteiger partial charge on any atom is 0.410 e. The molecular formula is C16H34N2O4. The minimum Gasteiger partial charge on any atom is -0.444 e. The average molecular weight is 318 g/mol. The third-order valence-electron chi connectivity index (χ3n) is 3.16. The van der Waals surface area contributed by atoms with E-state index in [0.29, 0.717) is 38.8 Å². The number of rotatable bonds is 10. The Labute approximate surface area is 135 Å². The predicted molar refractivity (Wildman–Crippen MR) is 88.2 cm³/mol. The number of carbonyl (C=O) groups excluding carboxylic acids is 1. The molecule has 0 fully saturated rings. The molecule has 0 spiro atoms. The number of amides is 1. The summed E-state index contributed by atoms with van der Waals surface area (Å²) < 4.78 is 15.7. The minimum atomic E-state index is -0.494. The van der Waals surface area contributed by atoms with Gasteiger partial charge < -0.3 is 24.4 Å². The van der Waals surface area contributed by atoms with Gasteiger partial charge in [0.25, 0.3) is 0 Å². The Balaban J connectivity index is 4.43. The second-order valence-corrected chi connectivity index (χ2v) is 6.72. The van der Waals surface area contributed by atoms with E-state index in [1.807, 2.05) is 20.8 Å². The highest BCUT2D eigenvalue weighted by Gasteiger charge is 2.22. The van der Waals surface area contributed by atoms with Gasteiger partial charge in [-0.1, -0.05) is 13.8 Å². The van der Waals surface area contributed by atoms with Crippen LogP contribution in [0, 0.1) is 5.92 Å². The molecule has 1 N–H and O–H groups in total. The van der Waals surface area contributed by atoms with E-state index in [1.165, 1.54) is 0 Å². The normalized spacial score (nSPS) is 13.3. The van der Waals surface area contributed by atoms with E-state index in [-0.39, 0.29) is 12.1 Å². The molecule has 0 aliphatic carbocycles. The van der Waals surface area contributed by atoms with E-state index >= 15 is 0 Å². The van der Waals surface area contributed by atoms with Gasteiger partial charge in [-0.05, 0) is 26.7 Å². The van der Waals surface area contributed by atoms with Gasteiger partial charge in [0, 0.05) is 39.9 Å². The molecule has 132 valence electrons. The van der Waals surface area contributed by atoms with E-state index in [0.717, 1.165) is 0 Å². The zero-order valence-corrected chi connectivity index (χ0v) is 15.3. The minimum absolute atomic E-state index is 0.271. The molecule has 0 saturated carbocycles. The van der Waals surface area contributed by atoms with E-state index in [1.54, 1.807) is 19.1 Å². The molecule has 0 bridgehead atoms. The van der Waals surface area contributed by atoms with Crippen molar-refractivity contribution in [1.29, 1.82) is 0 Å². The molecular weight excluding hydrogens is 284 g/mol. The lowest BCUT2D eigenvalue weighted by molar-refractivity contribution is 0.0200. The van der Waals surface area contributed by atoms with Crippen LogP contribution in [-0.2, 0) is 14.2 Å². The van der Waals surface area contributed by atoms with Crippen LogP contribution in [0.5, 0.6) is 0 Å². The van der Waals surface area contributed by atoms with Crippen molar-refractivity contribution in [1.82, 2.24) is 10.2 Å². The fraction of sp³-hybridized carbons (Fsp3) is 0.938. The third kappa shape index (κ3) is 9.97. The fourth-order valence-corrected chi connectivity index (χ4v) is 1.87. The SMILES string of the molecule is COCCN(CCNC(COC)C(C)C)C(=O)OC(C)(C)C. The summed E-state index contributed by atoms with van der Waals surface area (Å²) in [5.74, 6) is 0.467. The summed E-state index contributed by atoms with van der Waals surface area (Å²) in [6.45, 7) is 12.8. The maximum absolute atomic E-state index is 12.2. The van der Waals surface area contributed by atoms with Crippen molar-refractivity contribution in [3.63, 3.8) is 0 Å². The van der Waals surface area contributed by atoms with Crippen LogP contribution in [0.2, 0.25) is 0 Å². The highest BCUT2D eigenvalue weighted by atomic mass is 16.6. The van der Waals surface area contributed by atoms with Gasteiger partial charge in [0.15, 0.2) is 0 Å². The van der Waals surface area contributed by atoms with Gasteiger partial charge >= 0.3 is 6.09 Å². The van der Waals surface area contributed by atoms with E-state index in [4.69, 9.17) is 14.2 Å². The van der Waals surface area contributed by atoms with Crippen molar-refractivity contribution >= 4 is 6.09 Å². The molecule has 1 amide bonds. The van der Waals surface area contributed by atoms with Crippen LogP contribution in [-0.4, -0.2) is 69.7 Å². The molecule has 1 atom stereocenters. The van der Waals surface area contributed by atoms with E-state index < -0.39 is 5.60 Å². The van der Waals surface area contributed by atoms with Crippen molar-refractivity contribution in [2.75, 3.05) is 47.1 Å². The summed E-state index contributed by atoms with van der Waals surface area (Å²) in [7, 11) is 3.32. The molecule has 1 unspecified atom stereocenters. The number of hydrogen-bond acceptors (Lipinski definition) is 5. The Kier molecular flexibility index (Phi) is 10.4. The van der Waals surface area contributed by atoms with Crippen molar-refractivity contribution in [3.05, 3.63) is 0 Å². The quantitative estimate of drug-likeness (QED) is 0.669. The molecule has 0 rings (SSSR count). The summed E-state index contributed by atoms with van der Waals surface area (Å²) in [5.41, 5.74) is -0.494. The number of nitrogens with one attached hydrogen (secondary N) is 1. The van der Waals surface area contributed by atoms with Crippen LogP contribution >= 0.6 is 0 Å². The second kappa shape index (κ2) is 10.8. The van der Waals surface area contributed by atoms with E-state index in [9.17, 15) is 4.79 Å². The Hall–Kier alpha value is -0.850. The van der Waals surface area contributed by atoms with Crippen molar-refractivity contribution < 1.29 is 19.0 Å². The van der Waals surface area contributed by atoms with Crippen LogP contribution in [0.4, 0.5) is 4.79 Å². The monoisotopic (exact) mass is 318 g/mol. The first-order valence-electron chi connectivity index (χ1n) is 7.90. The van der Waals surface area contributed by atoms with Crippen LogP contribution in [0.15, 0.2) is 0 Å². The molecule has 0 radical (unpaired) electrons. The van der Waals surface area contributed by atoms with Gasteiger partial charge in [0.05, 0.1) is 13.2 Å². The standard InChI is InChI=1S/C16H34N2O4/c1-13(2)14(12-21-7)17-8-9-18(10-11-20-6)15(19)22-16(3,4)5/h13-14,17H,8-12H2,1-7H3. The van der Waals surface area contributed by atoms with Crippen molar-refractivity contribution in [2.45, 2.75) is 46.3 Å². The summed E-state index contributed by atoms with van der Waals surface area (Å²) in [5, 5.41) is 3.43. The Morgan fingerprint density at radius 2 is 1.77 bits per heavy atom. The van der Waals surface area contributed by atoms with Gasteiger partial charge in [-0.25, -0.2) is 4.79 Å².